The van der Waals surface area contributed by atoms with Crippen molar-refractivity contribution in [2.45, 2.75) is 56.9 Å². The number of hydrogen-bond acceptors (Lipinski definition) is 3. The molecule has 0 unspecified atom stereocenters. The van der Waals surface area contributed by atoms with Crippen LogP contribution in [-0.2, 0) is 21.5 Å². The standard InChI is InChI=1S/C26H30N2O3/c29-24-11-20(15-28(24)16-23-2-1-7-31-23)25(30)27-22-5-3-21(4-6-22)26-12-17-8-18(13-26)10-19(9-17)14-26/h1-7,17-20H,8-16H2,(H,27,30)/t17?,18?,19?,20-,26?/m1/s1. The maximum atomic E-state index is 12.8. The molecule has 1 aliphatic heterocycles. The molecule has 2 amide bonds. The summed E-state index contributed by atoms with van der Waals surface area (Å²) in [6.07, 6.45) is 10.3. The van der Waals surface area contributed by atoms with Gasteiger partial charge in [0.1, 0.15) is 5.76 Å². The van der Waals surface area contributed by atoms with E-state index in [-0.39, 0.29) is 24.2 Å². The van der Waals surface area contributed by atoms with Crippen LogP contribution >= 0.6 is 0 Å². The van der Waals surface area contributed by atoms with Crippen molar-refractivity contribution in [1.82, 2.24) is 4.90 Å². The summed E-state index contributed by atoms with van der Waals surface area (Å²) in [5.41, 5.74) is 2.67. The van der Waals surface area contributed by atoms with Crippen LogP contribution in [0.15, 0.2) is 47.1 Å². The Labute approximate surface area is 183 Å². The predicted molar refractivity (Wildman–Crippen MR) is 117 cm³/mol. The van der Waals surface area contributed by atoms with Gasteiger partial charge in [0.25, 0.3) is 0 Å². The highest BCUT2D eigenvalue weighted by Gasteiger charge is 2.51. The fraction of sp³-hybridized carbons (Fsp3) is 0.538. The van der Waals surface area contributed by atoms with Crippen molar-refractivity contribution in [2.75, 3.05) is 11.9 Å². The van der Waals surface area contributed by atoms with Gasteiger partial charge in [0, 0.05) is 18.7 Å². The largest absolute Gasteiger partial charge is 0.467 e. The van der Waals surface area contributed by atoms with Gasteiger partial charge in [-0.05, 0) is 91.5 Å². The molecule has 2 aromatic rings. The number of hydrogen-bond donors (Lipinski definition) is 1. The Morgan fingerprint density at radius 2 is 1.71 bits per heavy atom. The monoisotopic (exact) mass is 418 g/mol. The van der Waals surface area contributed by atoms with Crippen molar-refractivity contribution in [1.29, 1.82) is 0 Å². The second-order valence-electron chi connectivity index (χ2n) is 10.5. The molecule has 4 aliphatic carbocycles. The van der Waals surface area contributed by atoms with E-state index in [4.69, 9.17) is 4.42 Å². The van der Waals surface area contributed by atoms with Crippen LogP contribution < -0.4 is 5.32 Å². The van der Waals surface area contributed by atoms with E-state index < -0.39 is 0 Å². The number of nitrogens with zero attached hydrogens (tertiary/aromatic N) is 1. The summed E-state index contributed by atoms with van der Waals surface area (Å²) in [4.78, 5) is 26.8. The predicted octanol–water partition coefficient (Wildman–Crippen LogP) is 4.73. The Morgan fingerprint density at radius 1 is 1.03 bits per heavy atom. The lowest BCUT2D eigenvalue weighted by Crippen LogP contribution is -2.48. The van der Waals surface area contributed by atoms with E-state index in [1.165, 1.54) is 44.1 Å². The van der Waals surface area contributed by atoms with Crippen LogP contribution in [0.5, 0.6) is 0 Å². The van der Waals surface area contributed by atoms with E-state index in [0.717, 1.165) is 29.2 Å². The van der Waals surface area contributed by atoms with Gasteiger partial charge in [-0.2, -0.15) is 0 Å². The van der Waals surface area contributed by atoms with Crippen LogP contribution in [0.4, 0.5) is 5.69 Å². The van der Waals surface area contributed by atoms with Crippen LogP contribution in [-0.4, -0.2) is 23.3 Å². The minimum Gasteiger partial charge on any atom is -0.467 e. The van der Waals surface area contributed by atoms with E-state index in [0.29, 0.717) is 18.5 Å². The third-order valence-corrected chi connectivity index (χ3v) is 8.32. The van der Waals surface area contributed by atoms with Crippen molar-refractivity contribution in [3.8, 4) is 0 Å². The Morgan fingerprint density at radius 3 is 2.32 bits per heavy atom. The fourth-order valence-electron chi connectivity index (χ4n) is 7.31. The number of nitrogens with one attached hydrogen (secondary N) is 1. The van der Waals surface area contributed by atoms with Gasteiger partial charge in [-0.1, -0.05) is 12.1 Å². The molecular weight excluding hydrogens is 388 g/mol. The lowest BCUT2D eigenvalue weighted by molar-refractivity contribution is -0.128. The zero-order valence-corrected chi connectivity index (χ0v) is 17.9. The van der Waals surface area contributed by atoms with E-state index in [1.54, 1.807) is 11.2 Å². The van der Waals surface area contributed by atoms with Gasteiger partial charge in [0.15, 0.2) is 0 Å². The number of furan rings is 1. The van der Waals surface area contributed by atoms with Crippen molar-refractivity contribution in [3.05, 3.63) is 54.0 Å². The first-order valence-electron chi connectivity index (χ1n) is 11.8. The third kappa shape index (κ3) is 3.48. The molecule has 5 fully saturated rings. The average molecular weight is 419 g/mol. The summed E-state index contributed by atoms with van der Waals surface area (Å²) in [5.74, 6) is 3.14. The quantitative estimate of drug-likeness (QED) is 0.763. The summed E-state index contributed by atoms with van der Waals surface area (Å²) in [7, 11) is 0. The van der Waals surface area contributed by atoms with E-state index in [2.05, 4.69) is 29.6 Å². The number of amides is 2. The lowest BCUT2D eigenvalue weighted by atomic mass is 9.48. The number of carbonyl (C=O) groups is 2. The second-order valence-corrected chi connectivity index (χ2v) is 10.5. The molecule has 0 radical (unpaired) electrons. The van der Waals surface area contributed by atoms with Gasteiger partial charge in [-0.3, -0.25) is 9.59 Å². The Bertz CT molecular complexity index is 943. The van der Waals surface area contributed by atoms with Crippen LogP contribution in [0.3, 0.4) is 0 Å². The molecule has 162 valence electrons. The Kier molecular flexibility index (Phi) is 4.48. The minimum atomic E-state index is -0.315. The lowest BCUT2D eigenvalue weighted by Gasteiger charge is -2.57. The van der Waals surface area contributed by atoms with E-state index >= 15 is 0 Å². The maximum Gasteiger partial charge on any atom is 0.229 e. The molecule has 2 heterocycles. The Hall–Kier alpha value is -2.56. The molecule has 1 N–H and O–H groups in total. The zero-order chi connectivity index (χ0) is 21.0. The average Bonchev–Trinajstić information content (AvgIpc) is 3.38. The second kappa shape index (κ2) is 7.25. The highest BCUT2D eigenvalue weighted by Crippen LogP contribution is 2.60. The van der Waals surface area contributed by atoms with Crippen molar-refractivity contribution < 1.29 is 14.0 Å². The number of carbonyl (C=O) groups excluding carboxylic acids is 2. The van der Waals surface area contributed by atoms with Gasteiger partial charge in [0.05, 0.1) is 18.7 Å². The van der Waals surface area contributed by atoms with Crippen LogP contribution in [0, 0.1) is 23.7 Å². The summed E-state index contributed by atoms with van der Waals surface area (Å²) < 4.78 is 5.34. The molecule has 1 saturated heterocycles. The summed E-state index contributed by atoms with van der Waals surface area (Å²) >= 11 is 0. The van der Waals surface area contributed by atoms with Gasteiger partial charge >= 0.3 is 0 Å². The van der Waals surface area contributed by atoms with Crippen LogP contribution in [0.1, 0.15) is 56.3 Å². The molecule has 1 aromatic carbocycles. The van der Waals surface area contributed by atoms with Crippen LogP contribution in [0.25, 0.3) is 0 Å². The molecule has 1 atom stereocenters. The molecule has 0 spiro atoms. The molecular formula is C26H30N2O3. The molecule has 4 saturated carbocycles. The molecule has 5 aliphatic rings. The van der Waals surface area contributed by atoms with Gasteiger partial charge in [0.2, 0.25) is 11.8 Å². The van der Waals surface area contributed by atoms with Gasteiger partial charge in [-0.25, -0.2) is 0 Å². The van der Waals surface area contributed by atoms with Gasteiger partial charge in [-0.15, -0.1) is 0 Å². The summed E-state index contributed by atoms with van der Waals surface area (Å²) in [5, 5.41) is 3.04. The first-order chi connectivity index (χ1) is 15.1. The SMILES string of the molecule is O=C(Nc1ccc(C23CC4CC(CC(C4)C2)C3)cc1)[C@@H]1CC(=O)N(Cc2ccco2)C1. The van der Waals surface area contributed by atoms with E-state index in [9.17, 15) is 9.59 Å². The molecule has 31 heavy (non-hydrogen) atoms. The molecule has 5 heteroatoms. The minimum absolute atomic E-state index is 0.00807. The number of benzene rings is 1. The highest BCUT2D eigenvalue weighted by molar-refractivity contribution is 5.97. The third-order valence-electron chi connectivity index (χ3n) is 8.32. The van der Waals surface area contributed by atoms with Crippen molar-refractivity contribution in [2.24, 2.45) is 23.7 Å². The first kappa shape index (κ1) is 19.1. The molecule has 1 aromatic heterocycles. The topological polar surface area (TPSA) is 62.6 Å². The van der Waals surface area contributed by atoms with Crippen molar-refractivity contribution >= 4 is 17.5 Å². The number of likely N-dealkylation sites (tertiary alicyclic amines) is 1. The number of rotatable bonds is 5. The first-order valence-corrected chi connectivity index (χ1v) is 11.8. The van der Waals surface area contributed by atoms with Crippen molar-refractivity contribution in [3.63, 3.8) is 0 Å². The number of anilines is 1. The maximum absolute atomic E-state index is 12.8. The van der Waals surface area contributed by atoms with Crippen LogP contribution in [0.2, 0.25) is 0 Å². The highest BCUT2D eigenvalue weighted by atomic mass is 16.3. The fourth-order valence-corrected chi connectivity index (χ4v) is 7.31. The normalized spacial score (nSPS) is 33.8. The molecule has 4 bridgehead atoms. The molecule has 5 nitrogen and oxygen atoms in total. The molecule has 7 rings (SSSR count). The van der Waals surface area contributed by atoms with Gasteiger partial charge < -0.3 is 14.6 Å². The summed E-state index contributed by atoms with van der Waals surface area (Å²) in [6.45, 7) is 0.867. The Balaban J connectivity index is 1.10. The smallest absolute Gasteiger partial charge is 0.229 e. The van der Waals surface area contributed by atoms with E-state index in [1.807, 2.05) is 12.1 Å². The summed E-state index contributed by atoms with van der Waals surface area (Å²) in [6, 6.07) is 12.3. The zero-order valence-electron chi connectivity index (χ0n) is 17.9.